The Balaban J connectivity index is 1.40. The third-order valence-electron chi connectivity index (χ3n) is 5.96. The van der Waals surface area contributed by atoms with Gasteiger partial charge < -0.3 is 10.3 Å². The van der Waals surface area contributed by atoms with Crippen LogP contribution in [-0.2, 0) is 6.42 Å². The van der Waals surface area contributed by atoms with Gasteiger partial charge in [0.1, 0.15) is 6.17 Å². The first-order valence-corrected chi connectivity index (χ1v) is 10.6. The second-order valence-corrected chi connectivity index (χ2v) is 8.03. The van der Waals surface area contributed by atoms with Gasteiger partial charge in [0.15, 0.2) is 5.96 Å². The van der Waals surface area contributed by atoms with E-state index < -0.39 is 0 Å². The Bertz CT molecular complexity index is 1190. The number of rotatable bonds is 4. The van der Waals surface area contributed by atoms with E-state index in [1.165, 1.54) is 10.9 Å². The highest BCUT2D eigenvalue weighted by Crippen LogP contribution is 2.30. The summed E-state index contributed by atoms with van der Waals surface area (Å²) < 4.78 is 1.75. The van der Waals surface area contributed by atoms with E-state index in [1.807, 2.05) is 13.0 Å². The molecule has 0 unspecified atom stereocenters. The standard InChI is InChI=1S/C23H26N6O/c1-15-13-20(30)29-21(16-7-3-2-4-8-16)27-22(28-23(29)26-15)24-12-11-17-14-25-19-10-6-5-9-18(17)19/h2-3,5-6,9-10,13-14,16,21,25H,4,7-8,11-12H2,1H3,(H2,24,26,27,28)/t16-,21-/m1/s1. The van der Waals surface area contributed by atoms with Gasteiger partial charge in [0.05, 0.1) is 0 Å². The molecule has 0 saturated carbocycles. The van der Waals surface area contributed by atoms with Crippen LogP contribution in [0.15, 0.2) is 58.5 Å². The van der Waals surface area contributed by atoms with Crippen molar-refractivity contribution in [2.24, 2.45) is 10.9 Å². The number of nitrogens with one attached hydrogen (secondary N) is 3. The molecule has 7 nitrogen and oxygen atoms in total. The number of nitrogens with zero attached hydrogens (tertiary/aromatic N) is 3. The summed E-state index contributed by atoms with van der Waals surface area (Å²) >= 11 is 0. The van der Waals surface area contributed by atoms with Gasteiger partial charge >= 0.3 is 0 Å². The molecule has 154 valence electrons. The zero-order valence-electron chi connectivity index (χ0n) is 17.1. The molecule has 1 aromatic carbocycles. The van der Waals surface area contributed by atoms with Crippen molar-refractivity contribution in [3.05, 3.63) is 70.3 Å². The van der Waals surface area contributed by atoms with Gasteiger partial charge in [-0.15, -0.1) is 0 Å². The molecular weight excluding hydrogens is 376 g/mol. The van der Waals surface area contributed by atoms with Crippen LogP contribution in [0.3, 0.4) is 0 Å². The van der Waals surface area contributed by atoms with Gasteiger partial charge in [-0.3, -0.25) is 19.7 Å². The van der Waals surface area contributed by atoms with Crippen molar-refractivity contribution in [1.82, 2.24) is 19.9 Å². The minimum absolute atomic E-state index is 0.0325. The zero-order valence-corrected chi connectivity index (χ0v) is 17.1. The molecule has 0 amide bonds. The van der Waals surface area contributed by atoms with E-state index in [4.69, 9.17) is 4.99 Å². The predicted octanol–water partition coefficient (Wildman–Crippen LogP) is 3.50. The Morgan fingerprint density at radius 3 is 3.03 bits per heavy atom. The lowest BCUT2D eigenvalue weighted by Gasteiger charge is -2.36. The highest BCUT2D eigenvalue weighted by molar-refractivity contribution is 5.93. The monoisotopic (exact) mass is 402 g/mol. The van der Waals surface area contributed by atoms with E-state index in [-0.39, 0.29) is 11.7 Å². The van der Waals surface area contributed by atoms with Crippen LogP contribution < -0.4 is 16.2 Å². The molecule has 0 bridgehead atoms. The number of hydrogen-bond acceptors (Lipinski definition) is 3. The van der Waals surface area contributed by atoms with E-state index in [0.29, 0.717) is 30.1 Å². The summed E-state index contributed by atoms with van der Waals surface area (Å²) in [5.74, 6) is 1.59. The number of benzene rings is 1. The summed E-state index contributed by atoms with van der Waals surface area (Å²) in [6.07, 6.45) is 10.2. The Labute approximate surface area is 174 Å². The number of aliphatic imine (C=N–C) groups is 1. The lowest BCUT2D eigenvalue weighted by atomic mass is 9.91. The average molecular weight is 403 g/mol. The molecule has 1 aliphatic heterocycles. The molecule has 7 heteroatoms. The summed E-state index contributed by atoms with van der Waals surface area (Å²) in [4.78, 5) is 25.4. The number of aromatic amines is 1. The number of allylic oxidation sites excluding steroid dienone is 2. The van der Waals surface area contributed by atoms with Crippen molar-refractivity contribution >= 4 is 22.8 Å². The van der Waals surface area contributed by atoms with Gasteiger partial charge in [-0.1, -0.05) is 30.4 Å². The van der Waals surface area contributed by atoms with E-state index in [2.05, 4.69) is 57.1 Å². The molecule has 30 heavy (non-hydrogen) atoms. The third kappa shape index (κ3) is 3.51. The van der Waals surface area contributed by atoms with Crippen LogP contribution in [0, 0.1) is 12.8 Å². The Morgan fingerprint density at radius 1 is 1.27 bits per heavy atom. The van der Waals surface area contributed by atoms with Gasteiger partial charge in [-0.2, -0.15) is 0 Å². The number of aromatic nitrogens is 3. The fraction of sp³-hybridized carbons (Fsp3) is 0.348. The Hall–Kier alpha value is -3.35. The van der Waals surface area contributed by atoms with Crippen LogP contribution in [0.1, 0.15) is 36.7 Å². The number of hydrogen-bond donors (Lipinski definition) is 3. The SMILES string of the molecule is Cc1cc(=O)n2c(n1)NC(=NCCc1c[nH]c3ccccc13)N[C@H]2[C@@H]1CC=CCC1. The van der Waals surface area contributed by atoms with Crippen LogP contribution in [-0.4, -0.2) is 27.0 Å². The fourth-order valence-electron chi connectivity index (χ4n) is 4.45. The summed E-state index contributed by atoms with van der Waals surface area (Å²) in [6.45, 7) is 2.49. The maximum atomic E-state index is 12.7. The Kier molecular flexibility index (Phi) is 4.86. The molecule has 1 aliphatic carbocycles. The number of guanidine groups is 1. The van der Waals surface area contributed by atoms with E-state index in [1.54, 1.807) is 10.6 Å². The molecule has 2 atom stereocenters. The highest BCUT2D eigenvalue weighted by atomic mass is 16.1. The predicted molar refractivity (Wildman–Crippen MR) is 120 cm³/mol. The van der Waals surface area contributed by atoms with Crippen molar-refractivity contribution in [3.8, 4) is 0 Å². The maximum Gasteiger partial charge on any atom is 0.256 e. The Morgan fingerprint density at radius 2 is 2.17 bits per heavy atom. The minimum Gasteiger partial charge on any atom is -0.361 e. The van der Waals surface area contributed by atoms with Crippen molar-refractivity contribution in [3.63, 3.8) is 0 Å². The molecule has 3 heterocycles. The van der Waals surface area contributed by atoms with E-state index in [9.17, 15) is 4.79 Å². The molecule has 2 aliphatic rings. The van der Waals surface area contributed by atoms with E-state index in [0.717, 1.165) is 31.2 Å². The van der Waals surface area contributed by atoms with Gasteiger partial charge in [-0.05, 0) is 44.2 Å². The quantitative estimate of drug-likeness (QED) is 0.583. The number of H-pyrrole nitrogens is 1. The summed E-state index contributed by atoms with van der Waals surface area (Å²) in [6, 6.07) is 9.90. The molecule has 3 N–H and O–H groups in total. The van der Waals surface area contributed by atoms with Crippen LogP contribution >= 0.6 is 0 Å². The van der Waals surface area contributed by atoms with Crippen LogP contribution in [0.4, 0.5) is 5.95 Å². The van der Waals surface area contributed by atoms with Gasteiger partial charge in [0.25, 0.3) is 5.56 Å². The topological polar surface area (TPSA) is 87.1 Å². The first-order chi connectivity index (χ1) is 14.7. The van der Waals surface area contributed by atoms with Crippen LogP contribution in [0.2, 0.25) is 0 Å². The highest BCUT2D eigenvalue weighted by Gasteiger charge is 2.31. The first-order valence-electron chi connectivity index (χ1n) is 10.6. The second kappa shape index (κ2) is 7.82. The van der Waals surface area contributed by atoms with Gasteiger partial charge in [0, 0.05) is 41.3 Å². The molecule has 3 aromatic rings. The first kappa shape index (κ1) is 18.7. The summed E-state index contributed by atoms with van der Waals surface area (Å²) in [5.41, 5.74) is 3.08. The molecule has 5 rings (SSSR count). The molecule has 0 fully saturated rings. The molecule has 2 aromatic heterocycles. The van der Waals surface area contributed by atoms with Gasteiger partial charge in [-0.25, -0.2) is 4.98 Å². The van der Waals surface area contributed by atoms with Crippen molar-refractivity contribution in [1.29, 1.82) is 0 Å². The van der Waals surface area contributed by atoms with Gasteiger partial charge in [0.2, 0.25) is 5.95 Å². The molecule has 0 spiro atoms. The molecule has 0 radical (unpaired) electrons. The lowest BCUT2D eigenvalue weighted by Crippen LogP contribution is -2.50. The summed E-state index contributed by atoms with van der Waals surface area (Å²) in [5, 5.41) is 7.95. The number of anilines is 1. The van der Waals surface area contributed by atoms with Crippen molar-refractivity contribution < 1.29 is 0 Å². The van der Waals surface area contributed by atoms with Crippen LogP contribution in [0.5, 0.6) is 0 Å². The van der Waals surface area contributed by atoms with E-state index >= 15 is 0 Å². The zero-order chi connectivity index (χ0) is 20.5. The fourth-order valence-corrected chi connectivity index (χ4v) is 4.45. The third-order valence-corrected chi connectivity index (χ3v) is 5.96. The lowest BCUT2D eigenvalue weighted by molar-refractivity contribution is 0.276. The average Bonchev–Trinajstić information content (AvgIpc) is 3.17. The largest absolute Gasteiger partial charge is 0.361 e. The normalized spacial score (nSPS) is 22.0. The molecule has 0 saturated heterocycles. The number of aryl methyl sites for hydroxylation is 1. The maximum absolute atomic E-state index is 12.7. The summed E-state index contributed by atoms with van der Waals surface area (Å²) in [7, 11) is 0. The number of fused-ring (bicyclic) bond motifs is 2. The molecular formula is C23H26N6O. The van der Waals surface area contributed by atoms with Crippen molar-refractivity contribution in [2.75, 3.05) is 11.9 Å². The smallest absolute Gasteiger partial charge is 0.256 e. The second-order valence-electron chi connectivity index (χ2n) is 8.03. The minimum atomic E-state index is -0.140. The van der Waals surface area contributed by atoms with Crippen molar-refractivity contribution in [2.45, 2.75) is 38.8 Å². The number of para-hydroxylation sites is 1. The van der Waals surface area contributed by atoms with Crippen LogP contribution in [0.25, 0.3) is 10.9 Å².